The van der Waals surface area contributed by atoms with E-state index in [0.29, 0.717) is 12.1 Å². The first kappa shape index (κ1) is 14.5. The Labute approximate surface area is 105 Å². The molecule has 100 valence electrons. The average molecular weight is 241 g/mol. The average Bonchev–Trinajstić information content (AvgIpc) is 2.28. The fraction of sp³-hybridized carbons (Fsp3) is 0.923. The van der Waals surface area contributed by atoms with Crippen molar-refractivity contribution in [1.29, 1.82) is 0 Å². The van der Waals surface area contributed by atoms with E-state index in [4.69, 9.17) is 5.73 Å². The Morgan fingerprint density at radius 3 is 2.41 bits per heavy atom. The zero-order valence-corrected chi connectivity index (χ0v) is 11.6. The third-order valence-electron chi connectivity index (χ3n) is 3.81. The van der Waals surface area contributed by atoms with Crippen LogP contribution in [0.4, 0.5) is 0 Å². The summed E-state index contributed by atoms with van der Waals surface area (Å²) in [5.74, 6) is -0.0287. The highest BCUT2D eigenvalue weighted by atomic mass is 16.2. The van der Waals surface area contributed by atoms with Gasteiger partial charge in [0.25, 0.3) is 0 Å². The van der Waals surface area contributed by atoms with Crippen LogP contribution in [0.5, 0.6) is 0 Å². The molecule has 4 heteroatoms. The van der Waals surface area contributed by atoms with E-state index in [2.05, 4.69) is 31.1 Å². The molecule has 0 aromatic heterocycles. The van der Waals surface area contributed by atoms with Crippen molar-refractivity contribution in [2.75, 3.05) is 7.05 Å². The molecule has 0 aromatic rings. The van der Waals surface area contributed by atoms with E-state index in [-0.39, 0.29) is 11.9 Å². The van der Waals surface area contributed by atoms with Gasteiger partial charge in [-0.25, -0.2) is 0 Å². The van der Waals surface area contributed by atoms with Crippen LogP contribution in [0.3, 0.4) is 0 Å². The molecule has 0 heterocycles. The van der Waals surface area contributed by atoms with Gasteiger partial charge in [-0.2, -0.15) is 0 Å². The number of rotatable bonds is 4. The predicted octanol–water partition coefficient (Wildman–Crippen LogP) is 1.10. The first-order valence-electron chi connectivity index (χ1n) is 6.71. The molecule has 0 aliphatic heterocycles. The Kier molecular flexibility index (Phi) is 5.40. The van der Waals surface area contributed by atoms with E-state index in [1.165, 1.54) is 19.3 Å². The van der Waals surface area contributed by atoms with E-state index < -0.39 is 6.04 Å². The van der Waals surface area contributed by atoms with Crippen molar-refractivity contribution in [3.8, 4) is 0 Å². The maximum Gasteiger partial charge on any atom is 0.236 e. The summed E-state index contributed by atoms with van der Waals surface area (Å²) in [5, 5.41) is 3.10. The lowest BCUT2D eigenvalue weighted by molar-refractivity contribution is -0.123. The Morgan fingerprint density at radius 2 is 1.88 bits per heavy atom. The predicted molar refractivity (Wildman–Crippen MR) is 70.7 cm³/mol. The third-order valence-corrected chi connectivity index (χ3v) is 3.81. The highest BCUT2D eigenvalue weighted by Crippen LogP contribution is 2.23. The van der Waals surface area contributed by atoms with Crippen molar-refractivity contribution < 1.29 is 4.79 Å². The maximum absolute atomic E-state index is 11.7. The molecule has 1 aliphatic carbocycles. The minimum Gasteiger partial charge on any atom is -0.350 e. The summed E-state index contributed by atoms with van der Waals surface area (Å²) in [6, 6.07) is 0.802. The quantitative estimate of drug-likeness (QED) is 0.775. The smallest absolute Gasteiger partial charge is 0.236 e. The Bertz CT molecular complexity index is 253. The number of likely N-dealkylation sites (N-methyl/N-ethyl adjacent to an activating group) is 1. The normalized spacial score (nSPS) is 27.2. The molecule has 1 fully saturated rings. The van der Waals surface area contributed by atoms with Crippen LogP contribution in [0.1, 0.15) is 46.5 Å². The summed E-state index contributed by atoms with van der Waals surface area (Å²) in [4.78, 5) is 14.1. The number of hydrogen-bond donors (Lipinski definition) is 2. The highest BCUT2D eigenvalue weighted by Gasteiger charge is 2.30. The summed E-state index contributed by atoms with van der Waals surface area (Å²) in [6.07, 6.45) is 4.69. The molecular formula is C13H27N3O. The van der Waals surface area contributed by atoms with Gasteiger partial charge in [0.1, 0.15) is 0 Å². The lowest BCUT2D eigenvalue weighted by Gasteiger charge is -2.40. The molecule has 2 unspecified atom stereocenters. The lowest BCUT2D eigenvalue weighted by atomic mass is 9.88. The number of carbonyl (C=O) groups is 1. The first-order chi connectivity index (χ1) is 7.93. The monoisotopic (exact) mass is 241 g/mol. The first-order valence-corrected chi connectivity index (χ1v) is 6.71. The van der Waals surface area contributed by atoms with Crippen molar-refractivity contribution >= 4 is 5.91 Å². The van der Waals surface area contributed by atoms with Crippen molar-refractivity contribution in [3.63, 3.8) is 0 Å². The van der Waals surface area contributed by atoms with Crippen LogP contribution in [0.2, 0.25) is 0 Å². The molecule has 3 atom stereocenters. The van der Waals surface area contributed by atoms with Crippen LogP contribution < -0.4 is 11.1 Å². The maximum atomic E-state index is 11.7. The van der Waals surface area contributed by atoms with Gasteiger partial charge in [-0.1, -0.05) is 12.8 Å². The second-order valence-corrected chi connectivity index (χ2v) is 5.51. The zero-order chi connectivity index (χ0) is 13.0. The summed E-state index contributed by atoms with van der Waals surface area (Å²) in [6.45, 7) is 6.12. The van der Waals surface area contributed by atoms with Gasteiger partial charge in [-0.3, -0.25) is 9.69 Å². The molecular weight excluding hydrogens is 214 g/mol. The highest BCUT2D eigenvalue weighted by molar-refractivity contribution is 5.81. The van der Waals surface area contributed by atoms with Gasteiger partial charge >= 0.3 is 0 Å². The second-order valence-electron chi connectivity index (χ2n) is 5.51. The summed E-state index contributed by atoms with van der Waals surface area (Å²) >= 11 is 0. The van der Waals surface area contributed by atoms with Crippen LogP contribution in [0, 0.1) is 0 Å². The van der Waals surface area contributed by atoms with E-state index in [9.17, 15) is 4.79 Å². The third kappa shape index (κ3) is 3.96. The number of nitrogens with zero attached hydrogens (tertiary/aromatic N) is 1. The number of carbonyl (C=O) groups excluding carboxylic acids is 1. The largest absolute Gasteiger partial charge is 0.350 e. The Balaban J connectivity index is 2.62. The number of nitrogens with one attached hydrogen (secondary N) is 1. The topological polar surface area (TPSA) is 58.4 Å². The molecule has 0 aromatic carbocycles. The van der Waals surface area contributed by atoms with Crippen LogP contribution in [0.15, 0.2) is 0 Å². The molecule has 1 saturated carbocycles. The van der Waals surface area contributed by atoms with Crippen molar-refractivity contribution in [1.82, 2.24) is 10.2 Å². The SMILES string of the molecule is CC(N)C(=O)NC1CCCC[C@@H]1N(C)C(C)C. The van der Waals surface area contributed by atoms with Gasteiger partial charge in [0.2, 0.25) is 5.91 Å². The zero-order valence-electron chi connectivity index (χ0n) is 11.6. The standard InChI is InChI=1S/C13H27N3O/c1-9(2)16(4)12-8-6-5-7-11(12)15-13(17)10(3)14/h9-12H,5-8,14H2,1-4H3,(H,15,17)/t10?,11?,12-/m0/s1. The summed E-state index contributed by atoms with van der Waals surface area (Å²) < 4.78 is 0. The molecule has 0 radical (unpaired) electrons. The lowest BCUT2D eigenvalue weighted by Crippen LogP contribution is -2.56. The van der Waals surface area contributed by atoms with E-state index in [1.807, 2.05) is 0 Å². The van der Waals surface area contributed by atoms with Crippen LogP contribution in [-0.2, 0) is 4.79 Å². The molecule has 0 spiro atoms. The van der Waals surface area contributed by atoms with Crippen LogP contribution in [0.25, 0.3) is 0 Å². The molecule has 4 nitrogen and oxygen atoms in total. The van der Waals surface area contributed by atoms with Crippen molar-refractivity contribution in [2.45, 2.75) is 70.6 Å². The van der Waals surface area contributed by atoms with Gasteiger partial charge in [-0.15, -0.1) is 0 Å². The molecule has 1 rings (SSSR count). The van der Waals surface area contributed by atoms with Crippen LogP contribution in [-0.4, -0.2) is 42.0 Å². The number of amides is 1. The van der Waals surface area contributed by atoms with Crippen molar-refractivity contribution in [2.24, 2.45) is 5.73 Å². The summed E-state index contributed by atoms with van der Waals surface area (Å²) in [7, 11) is 2.14. The number of hydrogen-bond acceptors (Lipinski definition) is 3. The molecule has 3 N–H and O–H groups in total. The fourth-order valence-corrected chi connectivity index (χ4v) is 2.46. The van der Waals surface area contributed by atoms with Gasteiger partial charge in [0, 0.05) is 18.1 Å². The van der Waals surface area contributed by atoms with E-state index >= 15 is 0 Å². The Morgan fingerprint density at radius 1 is 1.29 bits per heavy atom. The van der Waals surface area contributed by atoms with Crippen molar-refractivity contribution in [3.05, 3.63) is 0 Å². The van der Waals surface area contributed by atoms with Gasteiger partial charge in [0.15, 0.2) is 0 Å². The van der Waals surface area contributed by atoms with E-state index in [0.717, 1.165) is 6.42 Å². The minimum absolute atomic E-state index is 0.0287. The molecule has 1 aliphatic rings. The van der Waals surface area contributed by atoms with E-state index in [1.54, 1.807) is 6.92 Å². The molecule has 1 amide bonds. The Hall–Kier alpha value is -0.610. The minimum atomic E-state index is -0.415. The molecule has 0 bridgehead atoms. The second kappa shape index (κ2) is 6.36. The molecule has 0 saturated heterocycles. The van der Waals surface area contributed by atoms with Crippen LogP contribution >= 0.6 is 0 Å². The molecule has 17 heavy (non-hydrogen) atoms. The van der Waals surface area contributed by atoms with Gasteiger partial charge in [0.05, 0.1) is 6.04 Å². The van der Waals surface area contributed by atoms with Gasteiger partial charge < -0.3 is 11.1 Å². The van der Waals surface area contributed by atoms with Gasteiger partial charge in [-0.05, 0) is 40.7 Å². The number of nitrogens with two attached hydrogens (primary N) is 1. The fourth-order valence-electron chi connectivity index (χ4n) is 2.46. The summed E-state index contributed by atoms with van der Waals surface area (Å²) in [5.41, 5.74) is 5.61.